The van der Waals surface area contributed by atoms with E-state index in [-0.39, 0.29) is 10.8 Å². The van der Waals surface area contributed by atoms with Crippen LogP contribution in [-0.4, -0.2) is 7.11 Å². The lowest BCUT2D eigenvalue weighted by atomic mass is 9.62. The summed E-state index contributed by atoms with van der Waals surface area (Å²) in [6, 6.07) is 13.3. The minimum absolute atomic E-state index is 0.242. The van der Waals surface area contributed by atoms with Gasteiger partial charge in [0.25, 0.3) is 0 Å². The number of hydrogen-bond acceptors (Lipinski definition) is 1. The molecule has 0 amide bonds. The van der Waals surface area contributed by atoms with E-state index in [2.05, 4.69) is 71.9 Å². The first-order valence-electron chi connectivity index (χ1n) is 10.2. The van der Waals surface area contributed by atoms with Crippen LogP contribution in [0.5, 0.6) is 5.75 Å². The predicted molar refractivity (Wildman–Crippen MR) is 118 cm³/mol. The van der Waals surface area contributed by atoms with Gasteiger partial charge in [-0.25, -0.2) is 0 Å². The van der Waals surface area contributed by atoms with Crippen molar-refractivity contribution >= 4 is 11.6 Å². The van der Waals surface area contributed by atoms with Gasteiger partial charge in [-0.3, -0.25) is 0 Å². The van der Waals surface area contributed by atoms with E-state index in [0.29, 0.717) is 0 Å². The van der Waals surface area contributed by atoms with Gasteiger partial charge >= 0.3 is 0 Å². The van der Waals surface area contributed by atoms with Gasteiger partial charge in [0.15, 0.2) is 0 Å². The van der Waals surface area contributed by atoms with E-state index in [1.807, 2.05) is 12.1 Å². The minimum Gasteiger partial charge on any atom is -0.497 e. The average Bonchev–Trinajstić information content (AvgIpc) is 2.65. The number of methoxy groups -OCH3 is 1. The van der Waals surface area contributed by atoms with E-state index >= 15 is 0 Å². The summed E-state index contributed by atoms with van der Waals surface area (Å²) in [5.41, 5.74) is 9.00. The van der Waals surface area contributed by atoms with Crippen molar-refractivity contribution in [3.05, 3.63) is 64.2 Å². The Balaban J connectivity index is 2.10. The summed E-state index contributed by atoms with van der Waals surface area (Å²) in [5.74, 6) is 0.900. The molecule has 0 aromatic heterocycles. The van der Waals surface area contributed by atoms with Gasteiger partial charge in [0.1, 0.15) is 5.75 Å². The summed E-state index contributed by atoms with van der Waals surface area (Å²) >= 11 is 0. The van der Waals surface area contributed by atoms with Gasteiger partial charge in [-0.1, -0.05) is 65.0 Å². The fraction of sp³-hybridized carbons (Fsp3) is 0.462. The van der Waals surface area contributed by atoms with Crippen molar-refractivity contribution in [2.24, 2.45) is 0 Å². The molecule has 0 fully saturated rings. The lowest BCUT2D eigenvalue weighted by molar-refractivity contribution is 0.331. The van der Waals surface area contributed by atoms with Crippen LogP contribution in [0, 0.1) is 0 Å². The van der Waals surface area contributed by atoms with E-state index in [1.54, 1.807) is 12.7 Å². The molecule has 1 nitrogen and oxygen atoms in total. The molecule has 3 rings (SSSR count). The van der Waals surface area contributed by atoms with E-state index in [4.69, 9.17) is 4.74 Å². The third-order valence-corrected chi connectivity index (χ3v) is 6.38. The first-order valence-corrected chi connectivity index (χ1v) is 10.2. The van der Waals surface area contributed by atoms with Crippen molar-refractivity contribution in [2.45, 2.75) is 71.6 Å². The summed E-state index contributed by atoms with van der Waals surface area (Å²) in [7, 11) is 1.71. The number of benzene rings is 2. The highest BCUT2D eigenvalue weighted by Gasteiger charge is 2.37. The van der Waals surface area contributed by atoms with E-state index < -0.39 is 0 Å². The quantitative estimate of drug-likeness (QED) is 0.524. The fourth-order valence-electron chi connectivity index (χ4n) is 4.35. The normalized spacial score (nSPS) is 18.1. The molecule has 1 heteroatoms. The standard InChI is InChI=1S/C26H34O/c1-8-20-16-23-24(26(5,6)14-13-25(23,3)4)17-22(20)18(2)15-19-9-11-21(27-7)12-10-19/h9-12,15-17H,8,13-14H2,1-7H3/b18-15+. The van der Waals surface area contributed by atoms with Crippen LogP contribution in [0.1, 0.15) is 82.2 Å². The van der Waals surface area contributed by atoms with Crippen molar-refractivity contribution < 1.29 is 4.74 Å². The van der Waals surface area contributed by atoms with Crippen LogP contribution >= 0.6 is 0 Å². The fourth-order valence-corrected chi connectivity index (χ4v) is 4.35. The first-order chi connectivity index (χ1) is 12.7. The second kappa shape index (κ2) is 7.19. The van der Waals surface area contributed by atoms with E-state index in [0.717, 1.165) is 12.2 Å². The monoisotopic (exact) mass is 362 g/mol. The van der Waals surface area contributed by atoms with Crippen LogP contribution in [0.15, 0.2) is 36.4 Å². The van der Waals surface area contributed by atoms with Crippen molar-refractivity contribution in [2.75, 3.05) is 7.11 Å². The van der Waals surface area contributed by atoms with Crippen molar-refractivity contribution in [3.63, 3.8) is 0 Å². The van der Waals surface area contributed by atoms with Gasteiger partial charge in [0.2, 0.25) is 0 Å². The smallest absolute Gasteiger partial charge is 0.118 e. The number of rotatable bonds is 4. The summed E-state index contributed by atoms with van der Waals surface area (Å²) in [6.45, 7) is 14.1. The highest BCUT2D eigenvalue weighted by atomic mass is 16.5. The lowest BCUT2D eigenvalue weighted by Gasteiger charge is -2.42. The molecule has 0 N–H and O–H groups in total. The zero-order valence-electron chi connectivity index (χ0n) is 18.1. The minimum atomic E-state index is 0.242. The summed E-state index contributed by atoms with van der Waals surface area (Å²) < 4.78 is 5.28. The predicted octanol–water partition coefficient (Wildman–Crippen LogP) is 7.17. The Morgan fingerprint density at radius 2 is 1.52 bits per heavy atom. The van der Waals surface area contributed by atoms with Crippen molar-refractivity contribution in [1.29, 1.82) is 0 Å². The second-order valence-electron chi connectivity index (χ2n) is 9.28. The van der Waals surface area contributed by atoms with Gasteiger partial charge < -0.3 is 4.74 Å². The number of aryl methyl sites for hydroxylation is 1. The SMILES string of the molecule is CCc1cc2c(cc1/C(C)=C/c1ccc(OC)cc1)C(C)(C)CCC2(C)C. The topological polar surface area (TPSA) is 9.23 Å². The molecule has 27 heavy (non-hydrogen) atoms. The zero-order valence-corrected chi connectivity index (χ0v) is 18.1. The Bertz CT molecular complexity index is 851. The maximum absolute atomic E-state index is 5.28. The third kappa shape index (κ3) is 3.83. The van der Waals surface area contributed by atoms with Crippen LogP contribution in [0.3, 0.4) is 0 Å². The molecule has 0 heterocycles. The van der Waals surface area contributed by atoms with Crippen LogP contribution in [0.25, 0.3) is 11.6 Å². The Kier molecular flexibility index (Phi) is 5.25. The highest BCUT2D eigenvalue weighted by Crippen LogP contribution is 2.47. The van der Waals surface area contributed by atoms with Crippen molar-refractivity contribution in [1.82, 2.24) is 0 Å². The molecule has 2 aromatic rings. The molecule has 1 aliphatic rings. The van der Waals surface area contributed by atoms with Gasteiger partial charge in [-0.05, 0) is 82.5 Å². The highest BCUT2D eigenvalue weighted by molar-refractivity contribution is 5.82. The van der Waals surface area contributed by atoms with Crippen molar-refractivity contribution in [3.8, 4) is 5.75 Å². The molecule has 0 saturated heterocycles. The number of hydrogen-bond donors (Lipinski definition) is 0. The summed E-state index contributed by atoms with van der Waals surface area (Å²) in [5, 5.41) is 0. The van der Waals surface area contributed by atoms with Gasteiger partial charge in [-0.15, -0.1) is 0 Å². The molecular formula is C26H34O. The molecule has 0 atom stereocenters. The largest absolute Gasteiger partial charge is 0.497 e. The van der Waals surface area contributed by atoms with Gasteiger partial charge in [-0.2, -0.15) is 0 Å². The summed E-state index contributed by atoms with van der Waals surface area (Å²) in [4.78, 5) is 0. The molecule has 0 saturated carbocycles. The maximum atomic E-state index is 5.28. The Morgan fingerprint density at radius 3 is 2.04 bits per heavy atom. The van der Waals surface area contributed by atoms with Gasteiger partial charge in [0, 0.05) is 0 Å². The number of fused-ring (bicyclic) bond motifs is 1. The third-order valence-electron chi connectivity index (χ3n) is 6.38. The molecule has 0 unspecified atom stereocenters. The van der Waals surface area contributed by atoms with E-state index in [1.165, 1.54) is 40.7 Å². The molecular weight excluding hydrogens is 328 g/mol. The van der Waals surface area contributed by atoms with Crippen LogP contribution in [0.2, 0.25) is 0 Å². The lowest BCUT2D eigenvalue weighted by Crippen LogP contribution is -2.34. The van der Waals surface area contributed by atoms with E-state index in [9.17, 15) is 0 Å². The molecule has 0 aliphatic heterocycles. The molecule has 1 aliphatic carbocycles. The first kappa shape index (κ1) is 19.7. The Morgan fingerprint density at radius 1 is 0.963 bits per heavy atom. The Labute approximate surface area is 165 Å². The Hall–Kier alpha value is -2.02. The maximum Gasteiger partial charge on any atom is 0.118 e. The molecule has 2 aromatic carbocycles. The van der Waals surface area contributed by atoms with Crippen LogP contribution in [0.4, 0.5) is 0 Å². The summed E-state index contributed by atoms with van der Waals surface area (Å²) in [6.07, 6.45) is 5.86. The van der Waals surface area contributed by atoms with Gasteiger partial charge in [0.05, 0.1) is 7.11 Å². The number of allylic oxidation sites excluding steroid dienone is 1. The second-order valence-corrected chi connectivity index (χ2v) is 9.28. The molecule has 0 bridgehead atoms. The van der Waals surface area contributed by atoms with Crippen LogP contribution < -0.4 is 4.74 Å². The zero-order chi connectivity index (χ0) is 19.8. The molecule has 144 valence electrons. The molecule has 0 spiro atoms. The van der Waals surface area contributed by atoms with Crippen LogP contribution in [-0.2, 0) is 17.3 Å². The number of ether oxygens (including phenoxy) is 1. The molecule has 0 radical (unpaired) electrons. The average molecular weight is 363 g/mol.